The fraction of sp³-hybridized carbons (Fsp3) is 0.273. The summed E-state index contributed by atoms with van der Waals surface area (Å²) in [5.41, 5.74) is 1.63. The highest BCUT2D eigenvalue weighted by Crippen LogP contribution is 2.34. The van der Waals surface area contributed by atoms with Crippen LogP contribution in [-0.2, 0) is 0 Å². The van der Waals surface area contributed by atoms with E-state index in [0.29, 0.717) is 33.6 Å². The van der Waals surface area contributed by atoms with Gasteiger partial charge in [-0.1, -0.05) is 23.7 Å². The van der Waals surface area contributed by atoms with Crippen molar-refractivity contribution in [1.82, 2.24) is 9.78 Å². The smallest absolute Gasteiger partial charge is 0.276 e. The van der Waals surface area contributed by atoms with Gasteiger partial charge in [0.15, 0.2) is 17.2 Å². The number of anilines is 1. The van der Waals surface area contributed by atoms with Crippen molar-refractivity contribution in [2.24, 2.45) is 0 Å². The number of hydrogen-bond donors (Lipinski definition) is 1. The molecule has 1 amide bonds. The van der Waals surface area contributed by atoms with E-state index in [0.717, 1.165) is 12.8 Å². The molecule has 1 saturated carbocycles. The molecule has 6 nitrogen and oxygen atoms in total. The van der Waals surface area contributed by atoms with Gasteiger partial charge in [0.25, 0.3) is 5.91 Å². The maximum Gasteiger partial charge on any atom is 0.276 e. The van der Waals surface area contributed by atoms with E-state index in [2.05, 4.69) is 10.4 Å². The average Bonchev–Trinajstić information content (AvgIpc) is 3.41. The molecule has 7 heteroatoms. The quantitative estimate of drug-likeness (QED) is 0.612. The number of nitrogens with zero attached hydrogens (tertiary/aromatic N) is 2. The molecule has 2 aromatic carbocycles. The highest BCUT2D eigenvalue weighted by molar-refractivity contribution is 6.32. The van der Waals surface area contributed by atoms with E-state index in [1.54, 1.807) is 48.3 Å². The molecular weight excluding hydrogens is 390 g/mol. The molecule has 1 heterocycles. The first-order chi connectivity index (χ1) is 14.1. The maximum atomic E-state index is 12.7. The summed E-state index contributed by atoms with van der Waals surface area (Å²) in [7, 11) is 1.61. The van der Waals surface area contributed by atoms with Crippen molar-refractivity contribution in [2.75, 3.05) is 12.4 Å². The number of carbonyl (C=O) groups is 1. The normalized spacial score (nSPS) is 14.0. The number of nitrogens with one attached hydrogen (secondary N) is 1. The minimum absolute atomic E-state index is 0.196. The largest absolute Gasteiger partial charge is 0.493 e. The second kappa shape index (κ2) is 8.57. The Balaban J connectivity index is 1.50. The Bertz CT molecular complexity index is 1010. The lowest BCUT2D eigenvalue weighted by Gasteiger charge is -2.17. The number of para-hydroxylation sites is 1. The first-order valence-corrected chi connectivity index (χ1v) is 9.98. The van der Waals surface area contributed by atoms with Gasteiger partial charge in [-0.15, -0.1) is 0 Å². The second-order valence-electron chi connectivity index (χ2n) is 6.94. The Morgan fingerprint density at radius 3 is 2.69 bits per heavy atom. The Labute approximate surface area is 174 Å². The fourth-order valence-electron chi connectivity index (χ4n) is 3.44. The molecule has 150 valence electrons. The van der Waals surface area contributed by atoms with Gasteiger partial charge in [0.1, 0.15) is 0 Å². The van der Waals surface area contributed by atoms with Crippen LogP contribution in [0.15, 0.2) is 54.7 Å². The number of ether oxygens (including phenoxy) is 2. The van der Waals surface area contributed by atoms with Crippen LogP contribution in [0.5, 0.6) is 11.5 Å². The summed E-state index contributed by atoms with van der Waals surface area (Å²) in [6.07, 6.45) is 6.34. The van der Waals surface area contributed by atoms with Gasteiger partial charge >= 0.3 is 0 Å². The molecule has 0 atom stereocenters. The van der Waals surface area contributed by atoms with Gasteiger partial charge in [0, 0.05) is 18.0 Å². The number of hydrogen-bond acceptors (Lipinski definition) is 4. The minimum Gasteiger partial charge on any atom is -0.493 e. The fourth-order valence-corrected chi connectivity index (χ4v) is 3.67. The zero-order valence-electron chi connectivity index (χ0n) is 16.1. The van der Waals surface area contributed by atoms with E-state index >= 15 is 0 Å². The van der Waals surface area contributed by atoms with Gasteiger partial charge in [-0.05, 0) is 56.0 Å². The molecule has 1 aliphatic rings. The van der Waals surface area contributed by atoms with Gasteiger partial charge < -0.3 is 14.8 Å². The van der Waals surface area contributed by atoms with E-state index in [4.69, 9.17) is 21.1 Å². The second-order valence-corrected chi connectivity index (χ2v) is 7.35. The number of amides is 1. The summed E-state index contributed by atoms with van der Waals surface area (Å²) in [4.78, 5) is 12.7. The minimum atomic E-state index is -0.312. The molecule has 4 rings (SSSR count). The summed E-state index contributed by atoms with van der Waals surface area (Å²) in [6, 6.07) is 14.3. The van der Waals surface area contributed by atoms with Crippen LogP contribution in [0.1, 0.15) is 36.2 Å². The zero-order chi connectivity index (χ0) is 20.2. The highest BCUT2D eigenvalue weighted by Gasteiger charge is 2.19. The molecule has 0 bridgehead atoms. The topological polar surface area (TPSA) is 65.4 Å². The Hall–Kier alpha value is -2.99. The van der Waals surface area contributed by atoms with Crippen LogP contribution in [-0.4, -0.2) is 28.9 Å². The van der Waals surface area contributed by atoms with E-state index in [-0.39, 0.29) is 12.0 Å². The lowest BCUT2D eigenvalue weighted by atomic mass is 10.2. The lowest BCUT2D eigenvalue weighted by Crippen LogP contribution is -2.14. The van der Waals surface area contributed by atoms with E-state index < -0.39 is 0 Å². The summed E-state index contributed by atoms with van der Waals surface area (Å²) in [5.74, 6) is 0.976. The first kappa shape index (κ1) is 19.3. The molecular formula is C22H22ClN3O3. The van der Waals surface area contributed by atoms with Crippen LogP contribution in [0.4, 0.5) is 5.69 Å². The van der Waals surface area contributed by atoms with Crippen molar-refractivity contribution in [3.8, 4) is 17.2 Å². The zero-order valence-corrected chi connectivity index (χ0v) is 16.9. The van der Waals surface area contributed by atoms with Gasteiger partial charge in [-0.3, -0.25) is 4.79 Å². The van der Waals surface area contributed by atoms with Crippen LogP contribution in [0.2, 0.25) is 5.02 Å². The van der Waals surface area contributed by atoms with Crippen LogP contribution in [0.25, 0.3) is 5.69 Å². The van der Waals surface area contributed by atoms with Crippen molar-refractivity contribution in [3.63, 3.8) is 0 Å². The van der Waals surface area contributed by atoms with Crippen LogP contribution in [0.3, 0.4) is 0 Å². The third-order valence-corrected chi connectivity index (χ3v) is 5.26. The third kappa shape index (κ3) is 4.38. The molecule has 0 unspecified atom stereocenters. The van der Waals surface area contributed by atoms with Crippen molar-refractivity contribution in [2.45, 2.75) is 31.8 Å². The van der Waals surface area contributed by atoms with Crippen molar-refractivity contribution < 1.29 is 14.3 Å². The predicted octanol–water partition coefficient (Wildman–Crippen LogP) is 5.11. The molecule has 29 heavy (non-hydrogen) atoms. The van der Waals surface area contributed by atoms with Gasteiger partial charge in [0.2, 0.25) is 0 Å². The van der Waals surface area contributed by atoms with Crippen LogP contribution >= 0.6 is 11.6 Å². The Morgan fingerprint density at radius 1 is 1.14 bits per heavy atom. The average molecular weight is 412 g/mol. The molecule has 1 fully saturated rings. The monoisotopic (exact) mass is 411 g/mol. The van der Waals surface area contributed by atoms with Gasteiger partial charge in [-0.25, -0.2) is 4.68 Å². The number of halogens is 1. The van der Waals surface area contributed by atoms with E-state index in [1.807, 2.05) is 18.2 Å². The summed E-state index contributed by atoms with van der Waals surface area (Å²) < 4.78 is 13.1. The van der Waals surface area contributed by atoms with Crippen LogP contribution in [0, 0.1) is 0 Å². The number of benzene rings is 2. The first-order valence-electron chi connectivity index (χ1n) is 9.60. The molecule has 1 N–H and O–H groups in total. The highest BCUT2D eigenvalue weighted by atomic mass is 35.5. The molecule has 0 spiro atoms. The molecule has 0 saturated heterocycles. The summed E-state index contributed by atoms with van der Waals surface area (Å²) >= 11 is 6.21. The number of methoxy groups -OCH3 is 1. The summed E-state index contributed by atoms with van der Waals surface area (Å²) in [5, 5.41) is 7.77. The van der Waals surface area contributed by atoms with Gasteiger partial charge in [0.05, 0.1) is 23.9 Å². The van der Waals surface area contributed by atoms with Gasteiger partial charge in [-0.2, -0.15) is 5.10 Å². The van der Waals surface area contributed by atoms with Crippen molar-refractivity contribution in [1.29, 1.82) is 0 Å². The molecule has 1 aromatic heterocycles. The van der Waals surface area contributed by atoms with Crippen molar-refractivity contribution in [3.05, 3.63) is 65.4 Å². The number of carbonyl (C=O) groups excluding carboxylic acids is 1. The lowest BCUT2D eigenvalue weighted by molar-refractivity contribution is 0.102. The summed E-state index contributed by atoms with van der Waals surface area (Å²) in [6.45, 7) is 0. The van der Waals surface area contributed by atoms with Crippen LogP contribution < -0.4 is 14.8 Å². The predicted molar refractivity (Wildman–Crippen MR) is 112 cm³/mol. The Morgan fingerprint density at radius 2 is 1.93 bits per heavy atom. The van der Waals surface area contributed by atoms with E-state index in [1.165, 1.54) is 12.8 Å². The number of rotatable bonds is 6. The molecule has 1 aliphatic carbocycles. The maximum absolute atomic E-state index is 12.7. The number of aromatic nitrogens is 2. The van der Waals surface area contributed by atoms with Crippen molar-refractivity contribution >= 4 is 23.2 Å². The standard InChI is InChI=1S/C22H22ClN3O3/c1-28-20-11-10-15(14-21(20)29-16-6-2-3-7-16)24-22(27)18-12-13-26(25-18)19-9-5-4-8-17(19)23/h4-5,8-14,16H,2-3,6-7H2,1H3,(H,24,27). The SMILES string of the molecule is COc1ccc(NC(=O)c2ccn(-c3ccccc3Cl)n2)cc1OC1CCCC1. The molecule has 0 radical (unpaired) electrons. The molecule has 0 aliphatic heterocycles. The van der Waals surface area contributed by atoms with E-state index in [9.17, 15) is 4.79 Å². The Kier molecular flexibility index (Phi) is 5.71. The molecule has 3 aromatic rings. The third-order valence-electron chi connectivity index (χ3n) is 4.94.